The molecule has 7 heteroatoms. The first kappa shape index (κ1) is 24.6. The van der Waals surface area contributed by atoms with E-state index in [0.29, 0.717) is 23.9 Å². The molecule has 31 heavy (non-hydrogen) atoms. The van der Waals surface area contributed by atoms with Gasteiger partial charge in [-0.3, -0.25) is 4.90 Å². The quantitative estimate of drug-likeness (QED) is 0.580. The van der Waals surface area contributed by atoms with Crippen LogP contribution in [-0.4, -0.2) is 46.6 Å². The zero-order valence-electron chi connectivity index (χ0n) is 18.5. The molecule has 4 unspecified atom stereocenters. The number of ether oxygens (including phenoxy) is 1. The van der Waals surface area contributed by atoms with E-state index in [1.165, 1.54) is 0 Å². The van der Waals surface area contributed by atoms with Gasteiger partial charge >= 0.3 is 5.97 Å². The number of alkyl halides is 2. The lowest BCUT2D eigenvalue weighted by Crippen LogP contribution is -2.57. The molecule has 2 heterocycles. The van der Waals surface area contributed by atoms with Crippen molar-refractivity contribution in [1.82, 2.24) is 4.90 Å². The Morgan fingerprint density at radius 1 is 1.26 bits per heavy atom. The van der Waals surface area contributed by atoms with E-state index in [9.17, 15) is 18.7 Å². The molecule has 3 fully saturated rings. The van der Waals surface area contributed by atoms with E-state index in [0.717, 1.165) is 19.4 Å². The van der Waals surface area contributed by atoms with Gasteiger partial charge in [0.1, 0.15) is 6.10 Å². The Kier molecular flexibility index (Phi) is 6.91. The Hall–Kier alpha value is -1.05. The number of benzene rings is 1. The number of esters is 1. The second-order valence-corrected chi connectivity index (χ2v) is 10.0. The van der Waals surface area contributed by atoms with E-state index in [1.807, 2.05) is 0 Å². The van der Waals surface area contributed by atoms with Crippen LogP contribution in [0.3, 0.4) is 0 Å². The Morgan fingerprint density at radius 3 is 2.48 bits per heavy atom. The number of carbonyl (C=O) groups excluding carboxylic acids is 1. The topological polar surface area (TPSA) is 49.8 Å². The molecule has 1 N–H and O–H groups in total. The second kappa shape index (κ2) is 8.71. The Bertz CT molecular complexity index is 776. The summed E-state index contributed by atoms with van der Waals surface area (Å²) in [7, 11) is 0. The largest absolute Gasteiger partial charge is 0.459 e. The molecule has 4 nitrogen and oxygen atoms in total. The maximum absolute atomic E-state index is 14.0. The summed E-state index contributed by atoms with van der Waals surface area (Å²) in [6.45, 7) is 8.35. The fourth-order valence-electron chi connectivity index (χ4n) is 6.07. The van der Waals surface area contributed by atoms with Gasteiger partial charge in [-0.25, -0.2) is 13.6 Å². The highest BCUT2D eigenvalue weighted by Gasteiger charge is 2.56. The molecular weight excluding hydrogens is 468 g/mol. The van der Waals surface area contributed by atoms with Gasteiger partial charge in [0, 0.05) is 30.8 Å². The minimum absolute atomic E-state index is 0. The molecule has 2 aliphatic heterocycles. The molecule has 0 radical (unpaired) electrons. The molecule has 1 aliphatic carbocycles. The van der Waals surface area contributed by atoms with Gasteiger partial charge < -0.3 is 9.84 Å². The molecule has 0 amide bonds. The number of hydrogen-bond acceptors (Lipinski definition) is 4. The molecule has 1 aromatic carbocycles. The van der Waals surface area contributed by atoms with E-state index in [-0.39, 0.29) is 41.5 Å². The van der Waals surface area contributed by atoms with Crippen LogP contribution >= 0.6 is 17.0 Å². The van der Waals surface area contributed by atoms with Crippen molar-refractivity contribution in [3.05, 3.63) is 35.9 Å². The van der Waals surface area contributed by atoms with Crippen molar-refractivity contribution in [1.29, 1.82) is 0 Å². The average molecular weight is 502 g/mol. The van der Waals surface area contributed by atoms with Gasteiger partial charge in [-0.15, -0.1) is 17.0 Å². The molecule has 1 aromatic rings. The molecule has 2 bridgehead atoms. The van der Waals surface area contributed by atoms with Gasteiger partial charge in [-0.05, 0) is 50.1 Å². The third-order valence-electron chi connectivity index (χ3n) is 8.19. The number of aliphatic hydroxyl groups is 1. The summed E-state index contributed by atoms with van der Waals surface area (Å²) in [6, 6.07) is 8.45. The van der Waals surface area contributed by atoms with Crippen molar-refractivity contribution >= 4 is 23.0 Å². The maximum atomic E-state index is 14.0. The van der Waals surface area contributed by atoms with Crippen molar-refractivity contribution in [2.24, 2.45) is 17.8 Å². The van der Waals surface area contributed by atoms with Gasteiger partial charge in [-0.2, -0.15) is 0 Å². The minimum Gasteiger partial charge on any atom is -0.459 e. The second-order valence-electron chi connectivity index (χ2n) is 10.0. The Balaban J connectivity index is 0.00000272. The number of fused-ring (bicyclic) bond motifs is 2. The highest BCUT2D eigenvalue weighted by atomic mass is 79.9. The lowest BCUT2D eigenvalue weighted by atomic mass is 9.72. The summed E-state index contributed by atoms with van der Waals surface area (Å²) in [5.41, 5.74) is -1.62. The third kappa shape index (κ3) is 4.18. The maximum Gasteiger partial charge on any atom is 0.343 e. The number of nitrogens with zero attached hydrogens (tertiary/aromatic N) is 1. The average Bonchev–Trinajstić information content (AvgIpc) is 3.13. The number of rotatable bonds is 5. The van der Waals surface area contributed by atoms with E-state index in [1.54, 1.807) is 30.3 Å². The van der Waals surface area contributed by atoms with Crippen molar-refractivity contribution in [3.8, 4) is 0 Å². The highest BCUT2D eigenvalue weighted by molar-refractivity contribution is 8.93. The number of halogens is 3. The molecular formula is C24H34BrF2NO3. The van der Waals surface area contributed by atoms with Crippen LogP contribution in [0.5, 0.6) is 0 Å². The first-order valence-electron chi connectivity index (χ1n) is 11.2. The summed E-state index contributed by atoms with van der Waals surface area (Å²) in [6.07, 6.45) is 0.778. The Labute approximate surface area is 194 Å². The molecule has 2 saturated heterocycles. The normalized spacial score (nSPS) is 36.0. The standard InChI is InChI=1S/C24H33F2NO3.BrH/c1-16(2)22(3)18-10-12-27(22)15-20(13-18)30-21(28)24(29,17-7-5-4-6-8-17)19-9-11-23(25,26)14-19;/h4-8,16,18-20,29H,9-15H2,1-3H3;1H/t18?,19-,20?,22?,24+;/m1./s1. The number of piperidine rings is 1. The van der Waals surface area contributed by atoms with E-state index < -0.39 is 29.8 Å². The summed E-state index contributed by atoms with van der Waals surface area (Å²) in [5.74, 6) is -3.59. The summed E-state index contributed by atoms with van der Waals surface area (Å²) in [5, 5.41) is 11.5. The molecule has 3 aliphatic rings. The van der Waals surface area contributed by atoms with E-state index in [2.05, 4.69) is 25.7 Å². The summed E-state index contributed by atoms with van der Waals surface area (Å²) >= 11 is 0. The van der Waals surface area contributed by atoms with Crippen molar-refractivity contribution < 1.29 is 23.4 Å². The van der Waals surface area contributed by atoms with Gasteiger partial charge in [-0.1, -0.05) is 44.2 Å². The van der Waals surface area contributed by atoms with Crippen molar-refractivity contribution in [2.75, 3.05) is 13.1 Å². The predicted octanol–water partition coefficient (Wildman–Crippen LogP) is 4.94. The van der Waals surface area contributed by atoms with E-state index in [4.69, 9.17) is 4.74 Å². The molecule has 6 atom stereocenters. The fraction of sp³-hybridized carbons (Fsp3) is 0.708. The fourth-order valence-corrected chi connectivity index (χ4v) is 6.07. The van der Waals surface area contributed by atoms with Crippen molar-refractivity contribution in [2.45, 2.75) is 76.0 Å². The van der Waals surface area contributed by atoms with Crippen LogP contribution in [0.1, 0.15) is 58.4 Å². The summed E-state index contributed by atoms with van der Waals surface area (Å²) in [4.78, 5) is 15.7. The highest BCUT2D eigenvalue weighted by Crippen LogP contribution is 2.49. The first-order valence-corrected chi connectivity index (χ1v) is 11.2. The number of hydrogen-bond donors (Lipinski definition) is 1. The zero-order valence-corrected chi connectivity index (χ0v) is 20.2. The van der Waals surface area contributed by atoms with Gasteiger partial charge in [0.05, 0.1) is 0 Å². The van der Waals surface area contributed by atoms with Gasteiger partial charge in [0.15, 0.2) is 5.60 Å². The van der Waals surface area contributed by atoms with Crippen LogP contribution in [0.4, 0.5) is 8.78 Å². The first-order chi connectivity index (χ1) is 14.1. The lowest BCUT2D eigenvalue weighted by Gasteiger charge is -2.49. The molecule has 1 saturated carbocycles. The van der Waals surface area contributed by atoms with Crippen LogP contribution in [0.15, 0.2) is 30.3 Å². The predicted molar refractivity (Wildman–Crippen MR) is 120 cm³/mol. The third-order valence-corrected chi connectivity index (χ3v) is 8.19. The van der Waals surface area contributed by atoms with Crippen LogP contribution in [0.25, 0.3) is 0 Å². The lowest BCUT2D eigenvalue weighted by molar-refractivity contribution is -0.185. The van der Waals surface area contributed by atoms with Crippen LogP contribution < -0.4 is 0 Å². The molecule has 4 rings (SSSR count). The monoisotopic (exact) mass is 501 g/mol. The van der Waals surface area contributed by atoms with Crippen LogP contribution in [0, 0.1) is 17.8 Å². The van der Waals surface area contributed by atoms with E-state index >= 15 is 0 Å². The van der Waals surface area contributed by atoms with Crippen LogP contribution in [0.2, 0.25) is 0 Å². The SMILES string of the molecule is Br.CC(C)C1(C)C2CCN1CC(OC(=O)[C@](O)(c1ccccc1)[C@@H]1CCC(F)(F)C1)C2. The van der Waals surface area contributed by atoms with Gasteiger partial charge in [0.25, 0.3) is 0 Å². The molecule has 0 spiro atoms. The molecule has 174 valence electrons. The smallest absolute Gasteiger partial charge is 0.343 e. The Morgan fingerprint density at radius 2 is 1.94 bits per heavy atom. The number of carbonyl (C=O) groups is 1. The van der Waals surface area contributed by atoms with Crippen molar-refractivity contribution in [3.63, 3.8) is 0 Å². The van der Waals surface area contributed by atoms with Crippen LogP contribution in [-0.2, 0) is 15.1 Å². The zero-order chi connectivity index (χ0) is 21.7. The van der Waals surface area contributed by atoms with Gasteiger partial charge in [0.2, 0.25) is 5.92 Å². The minimum atomic E-state index is -2.86. The molecule has 0 aromatic heterocycles. The summed E-state index contributed by atoms with van der Waals surface area (Å²) < 4.78 is 33.8.